The molecule has 0 atom stereocenters. The Labute approximate surface area is 627 Å². The van der Waals surface area contributed by atoms with Crippen molar-refractivity contribution in [2.24, 2.45) is 0 Å². The minimum Gasteiger partial charge on any atom is -0.399 e. The van der Waals surface area contributed by atoms with E-state index in [4.69, 9.17) is 50.8 Å². The zero-order valence-corrected chi connectivity index (χ0v) is 61.1. The Bertz CT molecular complexity index is 5460. The molecule has 10 heteroatoms. The molecule has 5 aliphatic rings. The number of rotatable bonds is 10. The summed E-state index contributed by atoms with van der Waals surface area (Å²) >= 11 is 6.07. The standard InChI is InChI=1S/C45H35N3.C27H18ClN3.C24H29BO2/c1-4-13-31(14-5-1)32-21-25-35(26-22-32)43-46-42(34-15-6-2-7-16-34)47-44(48-43)36-27-23-33(24-28-36)37-18-12-20-40-41(37)38-17-8-9-19-39(38)45(40)29-10-3-11-30-45;28-24-17-15-23(16-18-24)27-30-25(21-9-5-2-6-10-21)29-26(31-27)22-13-11-20(12-14-22)19-7-3-1-4-8-19;1-22(2)23(3,4)27-25(26-22)20-14-10-13-19-21(20)17-11-6-7-12-18(17)24(19)15-8-5-9-16-24/h1-2,4-9,12-28H,3,10-11,29-30H2;1-18H;6-7,10-14H,5,8-9,15-16H2,1-4H3. The lowest BCUT2D eigenvalue weighted by Gasteiger charge is -2.36. The van der Waals surface area contributed by atoms with Gasteiger partial charge in [-0.05, 0) is 161 Å². The number of nitrogens with zero attached hydrogens (tertiary/aromatic N) is 6. The summed E-state index contributed by atoms with van der Waals surface area (Å²) in [5, 5.41) is 0.679. The van der Waals surface area contributed by atoms with Crippen LogP contribution in [0.25, 0.3) is 124 Å². The third kappa shape index (κ3) is 13.0. The van der Waals surface area contributed by atoms with E-state index in [2.05, 4.69) is 234 Å². The average molecular weight is 1400 g/mol. The zero-order chi connectivity index (χ0) is 71.8. The summed E-state index contributed by atoms with van der Waals surface area (Å²) in [4.78, 5) is 29.2. The van der Waals surface area contributed by atoms with E-state index in [1.165, 1.54) is 136 Å². The van der Waals surface area contributed by atoms with Gasteiger partial charge in [0.05, 0.1) is 11.2 Å². The van der Waals surface area contributed by atoms with Crippen molar-refractivity contribution in [1.29, 1.82) is 0 Å². The Morgan fingerprint density at radius 3 is 0.925 bits per heavy atom. The van der Waals surface area contributed by atoms with Gasteiger partial charge in [-0.1, -0.05) is 329 Å². The SMILES string of the molecule is CC1(C)OB(c2cccc3c2-c2ccccc2C32CCCCC2)OC1(C)C.Clc1ccc(-c2nc(-c3ccccc3)nc(-c3ccc(-c4ccccc4)cc3)n2)cc1.c1ccc(-c2ccc(-c3nc(-c4ccccc4)nc(-c4ccc(-c5cccc6c5-c5ccccc5C65CCCCC5)cc4)n3)cc2)cc1. The van der Waals surface area contributed by atoms with Crippen molar-refractivity contribution in [3.8, 4) is 124 Å². The van der Waals surface area contributed by atoms with Gasteiger partial charge >= 0.3 is 7.12 Å². The molecule has 12 aromatic carbocycles. The van der Waals surface area contributed by atoms with Crippen LogP contribution in [-0.2, 0) is 20.1 Å². The molecule has 2 aromatic heterocycles. The van der Waals surface area contributed by atoms with E-state index in [1.807, 2.05) is 97.1 Å². The van der Waals surface area contributed by atoms with Crippen LogP contribution in [0.1, 0.15) is 114 Å². The predicted octanol–water partition coefficient (Wildman–Crippen LogP) is 23.8. The fourth-order valence-corrected chi connectivity index (χ4v) is 16.9. The van der Waals surface area contributed by atoms with Crippen LogP contribution in [0.3, 0.4) is 0 Å². The summed E-state index contributed by atoms with van der Waals surface area (Å²) in [5.41, 5.74) is 25.4. The van der Waals surface area contributed by atoms with Gasteiger partial charge in [0.1, 0.15) is 0 Å². The van der Waals surface area contributed by atoms with E-state index in [0.29, 0.717) is 40.0 Å². The molecule has 1 saturated heterocycles. The van der Waals surface area contributed by atoms with Crippen LogP contribution in [0.2, 0.25) is 5.02 Å². The molecular formula is C96H82BClN6O2. The first kappa shape index (κ1) is 68.1. The van der Waals surface area contributed by atoms with Gasteiger partial charge in [0.2, 0.25) is 0 Å². The molecule has 3 heterocycles. The normalized spacial score (nSPS) is 15.8. The molecule has 106 heavy (non-hydrogen) atoms. The summed E-state index contributed by atoms with van der Waals surface area (Å²) in [5.74, 6) is 3.90. The highest BCUT2D eigenvalue weighted by Crippen LogP contribution is 2.59. The first-order valence-corrected chi connectivity index (χ1v) is 37.9. The molecule has 0 amide bonds. The molecule has 0 unspecified atom stereocenters. The minimum atomic E-state index is -0.318. The van der Waals surface area contributed by atoms with Crippen molar-refractivity contribution >= 4 is 24.2 Å². The summed E-state index contributed by atoms with van der Waals surface area (Å²) < 4.78 is 12.9. The summed E-state index contributed by atoms with van der Waals surface area (Å²) in [6.45, 7) is 8.53. The van der Waals surface area contributed by atoms with Crippen molar-refractivity contribution in [2.45, 2.75) is 114 Å². The highest BCUT2D eigenvalue weighted by atomic mass is 35.5. The van der Waals surface area contributed by atoms with E-state index in [-0.39, 0.29) is 29.2 Å². The summed E-state index contributed by atoms with van der Waals surface area (Å²) in [6, 6.07) is 106. The number of hydrogen-bond donors (Lipinski definition) is 0. The lowest BCUT2D eigenvalue weighted by molar-refractivity contribution is 0.00578. The van der Waals surface area contributed by atoms with Gasteiger partial charge in [0.15, 0.2) is 34.9 Å². The molecule has 0 bridgehead atoms. The lowest BCUT2D eigenvalue weighted by atomic mass is 9.66. The van der Waals surface area contributed by atoms with Crippen LogP contribution < -0.4 is 5.46 Å². The van der Waals surface area contributed by atoms with Gasteiger partial charge in [0.25, 0.3) is 0 Å². The number of halogens is 1. The van der Waals surface area contributed by atoms with Crippen LogP contribution in [0.4, 0.5) is 0 Å². The second kappa shape index (κ2) is 28.8. The Kier molecular flexibility index (Phi) is 18.5. The summed E-state index contributed by atoms with van der Waals surface area (Å²) in [7, 11) is -0.309. The fourth-order valence-electron chi connectivity index (χ4n) is 16.8. The quantitative estimate of drug-likeness (QED) is 0.125. The summed E-state index contributed by atoms with van der Waals surface area (Å²) in [6.07, 6.45) is 12.9. The zero-order valence-electron chi connectivity index (χ0n) is 60.4. The molecular weight excluding hydrogens is 1320 g/mol. The van der Waals surface area contributed by atoms with Crippen LogP contribution in [0.15, 0.2) is 303 Å². The van der Waals surface area contributed by atoms with E-state index >= 15 is 0 Å². The fraction of sp³-hybridized carbons (Fsp3) is 0.188. The second-order valence-corrected chi connectivity index (χ2v) is 30.2. The van der Waals surface area contributed by atoms with E-state index in [9.17, 15) is 0 Å². The highest BCUT2D eigenvalue weighted by molar-refractivity contribution is 6.64. The molecule has 8 nitrogen and oxygen atoms in total. The molecule has 1 aliphatic heterocycles. The van der Waals surface area contributed by atoms with Crippen molar-refractivity contribution in [2.75, 3.05) is 0 Å². The molecule has 0 N–H and O–H groups in total. The molecule has 3 fully saturated rings. The number of aromatic nitrogens is 6. The van der Waals surface area contributed by atoms with Gasteiger partial charge in [-0.2, -0.15) is 0 Å². The van der Waals surface area contributed by atoms with E-state index < -0.39 is 0 Å². The maximum absolute atomic E-state index is 6.44. The smallest absolute Gasteiger partial charge is 0.399 e. The van der Waals surface area contributed by atoms with Crippen LogP contribution in [0.5, 0.6) is 0 Å². The number of fused-ring (bicyclic) bond motifs is 10. The van der Waals surface area contributed by atoms with Crippen LogP contribution in [-0.4, -0.2) is 48.2 Å². The Balaban J connectivity index is 0.000000124. The molecule has 2 spiro atoms. The van der Waals surface area contributed by atoms with Gasteiger partial charge in [-0.15, -0.1) is 0 Å². The van der Waals surface area contributed by atoms with Crippen molar-refractivity contribution in [3.05, 3.63) is 331 Å². The largest absolute Gasteiger partial charge is 0.495 e. The van der Waals surface area contributed by atoms with Gasteiger partial charge in [0, 0.05) is 49.2 Å². The molecule has 4 aliphatic carbocycles. The van der Waals surface area contributed by atoms with Gasteiger partial charge in [-0.3, -0.25) is 0 Å². The van der Waals surface area contributed by atoms with Gasteiger partial charge in [-0.25, -0.2) is 29.9 Å². The van der Waals surface area contributed by atoms with E-state index in [0.717, 1.165) is 44.5 Å². The Morgan fingerprint density at radius 1 is 0.255 bits per heavy atom. The third-order valence-electron chi connectivity index (χ3n) is 22.9. The van der Waals surface area contributed by atoms with E-state index in [1.54, 1.807) is 0 Å². The minimum absolute atomic E-state index is 0.147. The monoisotopic (exact) mass is 1400 g/mol. The highest BCUT2D eigenvalue weighted by Gasteiger charge is 2.54. The van der Waals surface area contributed by atoms with Crippen molar-refractivity contribution in [3.63, 3.8) is 0 Å². The second-order valence-electron chi connectivity index (χ2n) is 29.8. The topological polar surface area (TPSA) is 95.8 Å². The third-order valence-corrected chi connectivity index (χ3v) is 23.2. The maximum atomic E-state index is 6.44. The average Bonchev–Trinajstić information content (AvgIpc) is 1.56. The van der Waals surface area contributed by atoms with Crippen molar-refractivity contribution < 1.29 is 9.31 Å². The van der Waals surface area contributed by atoms with Crippen molar-refractivity contribution in [1.82, 2.24) is 29.9 Å². The Morgan fingerprint density at radius 2 is 0.528 bits per heavy atom. The number of benzene rings is 12. The Hall–Kier alpha value is -11.1. The molecule has 14 aromatic rings. The molecule has 2 saturated carbocycles. The number of hydrogen-bond acceptors (Lipinski definition) is 8. The first-order valence-electron chi connectivity index (χ1n) is 37.5. The first-order chi connectivity index (χ1) is 51.9. The van der Waals surface area contributed by atoms with Crippen LogP contribution >= 0.6 is 11.6 Å². The predicted molar refractivity (Wildman–Crippen MR) is 434 cm³/mol. The lowest BCUT2D eigenvalue weighted by Crippen LogP contribution is -2.41. The molecule has 19 rings (SSSR count). The molecule has 518 valence electrons. The molecule has 0 radical (unpaired) electrons. The maximum Gasteiger partial charge on any atom is 0.495 e. The van der Waals surface area contributed by atoms with Gasteiger partial charge < -0.3 is 9.31 Å². The van der Waals surface area contributed by atoms with Crippen LogP contribution in [0, 0.1) is 0 Å².